The molecule has 0 unspecified atom stereocenters. The van der Waals surface area contributed by atoms with E-state index in [1.807, 2.05) is 45.9 Å². The second kappa shape index (κ2) is 10.2. The number of nitrogens with one attached hydrogen (secondary N) is 2. The molecule has 1 amide bonds. The number of rotatable bonds is 8. The van der Waals surface area contributed by atoms with E-state index in [1.165, 1.54) is 0 Å². The molecule has 8 heteroatoms. The normalized spacial score (nSPS) is 14.2. The first-order valence-corrected chi connectivity index (χ1v) is 10.1. The fraction of sp³-hybridized carbons (Fsp3) is 0.619. The van der Waals surface area contributed by atoms with Crippen LogP contribution in [-0.4, -0.2) is 62.4 Å². The summed E-state index contributed by atoms with van der Waals surface area (Å²) in [7, 11) is 3.31. The van der Waals surface area contributed by atoms with Crippen LogP contribution in [0.25, 0.3) is 0 Å². The van der Waals surface area contributed by atoms with Gasteiger partial charge in [0.15, 0.2) is 17.5 Å². The summed E-state index contributed by atoms with van der Waals surface area (Å²) >= 11 is 0. The Kier molecular flexibility index (Phi) is 7.99. The summed E-state index contributed by atoms with van der Waals surface area (Å²) in [4.78, 5) is 18.5. The Bertz CT molecular complexity index is 711. The van der Waals surface area contributed by atoms with Gasteiger partial charge in [-0.1, -0.05) is 0 Å². The maximum absolute atomic E-state index is 12.4. The molecule has 29 heavy (non-hydrogen) atoms. The molecule has 162 valence electrons. The average molecular weight is 407 g/mol. The summed E-state index contributed by atoms with van der Waals surface area (Å²) in [6.45, 7) is 9.25. The van der Waals surface area contributed by atoms with Gasteiger partial charge in [-0.3, -0.25) is 4.99 Å². The molecule has 1 aliphatic rings. The van der Waals surface area contributed by atoms with Crippen molar-refractivity contribution in [1.82, 2.24) is 10.2 Å². The lowest BCUT2D eigenvalue weighted by Crippen LogP contribution is -2.43. The summed E-state index contributed by atoms with van der Waals surface area (Å²) < 4.78 is 16.4. The number of carbonyl (C=O) groups is 1. The molecule has 1 aromatic rings. The Morgan fingerprint density at radius 1 is 1.28 bits per heavy atom. The lowest BCUT2D eigenvalue weighted by molar-refractivity contribution is 0.0238. The van der Waals surface area contributed by atoms with E-state index in [1.54, 1.807) is 19.1 Å². The molecule has 8 nitrogen and oxygen atoms in total. The smallest absolute Gasteiger partial charge is 0.410 e. The maximum Gasteiger partial charge on any atom is 0.410 e. The van der Waals surface area contributed by atoms with E-state index in [0.717, 1.165) is 18.5 Å². The Labute approximate surface area is 173 Å². The number of hydrogen-bond acceptors (Lipinski definition) is 5. The van der Waals surface area contributed by atoms with Gasteiger partial charge in [0.05, 0.1) is 13.7 Å². The predicted molar refractivity (Wildman–Crippen MR) is 115 cm³/mol. The third-order valence-electron chi connectivity index (χ3n) is 4.21. The standard InChI is InChI=1S/C21H34N4O4/c1-7-28-17-11-8-15(14-18(17)27-6)24-19(22-5)23-12-13-25(16-9-10-16)20(26)29-21(2,3)4/h8,11,14,16H,7,9-10,12-13H2,1-6H3,(H2,22,23,24). The molecule has 0 saturated heterocycles. The van der Waals surface area contributed by atoms with Gasteiger partial charge in [0.2, 0.25) is 0 Å². The Morgan fingerprint density at radius 3 is 2.55 bits per heavy atom. The molecular weight excluding hydrogens is 372 g/mol. The second-order valence-electron chi connectivity index (χ2n) is 7.83. The Hall–Kier alpha value is -2.64. The minimum absolute atomic E-state index is 0.263. The first kappa shape index (κ1) is 22.6. The number of ether oxygens (including phenoxy) is 3. The Balaban J connectivity index is 1.90. The van der Waals surface area contributed by atoms with Crippen LogP contribution in [0.4, 0.5) is 10.5 Å². The van der Waals surface area contributed by atoms with Crippen LogP contribution in [0.3, 0.4) is 0 Å². The average Bonchev–Trinajstić information content (AvgIpc) is 3.48. The van der Waals surface area contributed by atoms with E-state index >= 15 is 0 Å². The summed E-state index contributed by atoms with van der Waals surface area (Å²) in [6.07, 6.45) is 1.79. The highest BCUT2D eigenvalue weighted by atomic mass is 16.6. The minimum Gasteiger partial charge on any atom is -0.493 e. The quantitative estimate of drug-likeness (QED) is 0.508. The molecule has 0 atom stereocenters. The van der Waals surface area contributed by atoms with Gasteiger partial charge in [0.1, 0.15) is 5.60 Å². The highest BCUT2D eigenvalue weighted by Gasteiger charge is 2.34. The second-order valence-corrected chi connectivity index (χ2v) is 7.83. The zero-order valence-corrected chi connectivity index (χ0v) is 18.4. The number of guanidine groups is 1. The van der Waals surface area contributed by atoms with E-state index in [0.29, 0.717) is 37.2 Å². The molecule has 1 aromatic carbocycles. The van der Waals surface area contributed by atoms with E-state index in [2.05, 4.69) is 15.6 Å². The van der Waals surface area contributed by atoms with Crippen LogP contribution in [0.5, 0.6) is 11.5 Å². The third-order valence-corrected chi connectivity index (χ3v) is 4.21. The summed E-state index contributed by atoms with van der Waals surface area (Å²) in [6, 6.07) is 5.89. The summed E-state index contributed by atoms with van der Waals surface area (Å²) in [5.41, 5.74) is 0.326. The van der Waals surface area contributed by atoms with Crippen LogP contribution in [0.1, 0.15) is 40.5 Å². The van der Waals surface area contributed by atoms with Gasteiger partial charge in [0, 0.05) is 37.9 Å². The van der Waals surface area contributed by atoms with Crippen molar-refractivity contribution in [2.75, 3.05) is 39.2 Å². The number of benzene rings is 1. The van der Waals surface area contributed by atoms with Gasteiger partial charge >= 0.3 is 6.09 Å². The molecule has 1 saturated carbocycles. The molecular formula is C21H34N4O4. The molecule has 2 rings (SSSR count). The van der Waals surface area contributed by atoms with Gasteiger partial charge in [-0.2, -0.15) is 0 Å². The first-order chi connectivity index (χ1) is 13.8. The monoisotopic (exact) mass is 406 g/mol. The van der Waals surface area contributed by atoms with Gasteiger partial charge in [-0.25, -0.2) is 4.79 Å². The maximum atomic E-state index is 12.4. The van der Waals surface area contributed by atoms with Crippen LogP contribution in [0.2, 0.25) is 0 Å². The third kappa shape index (κ3) is 7.36. The molecule has 0 aromatic heterocycles. The number of nitrogens with zero attached hydrogens (tertiary/aromatic N) is 2. The molecule has 0 heterocycles. The highest BCUT2D eigenvalue weighted by molar-refractivity contribution is 5.93. The lowest BCUT2D eigenvalue weighted by Gasteiger charge is -2.27. The number of amides is 1. The molecule has 1 fully saturated rings. The number of carbonyl (C=O) groups excluding carboxylic acids is 1. The van der Waals surface area contributed by atoms with E-state index < -0.39 is 5.60 Å². The SMILES string of the molecule is CCOc1ccc(NC(=NC)NCCN(C(=O)OC(C)(C)C)C2CC2)cc1OC. The molecule has 0 radical (unpaired) electrons. The van der Waals surface area contributed by atoms with Crippen molar-refractivity contribution >= 4 is 17.7 Å². The number of anilines is 1. The van der Waals surface area contributed by atoms with Crippen molar-refractivity contribution in [3.05, 3.63) is 18.2 Å². The van der Waals surface area contributed by atoms with Gasteiger partial charge in [-0.05, 0) is 52.7 Å². The molecule has 0 aliphatic heterocycles. The van der Waals surface area contributed by atoms with Crippen molar-refractivity contribution < 1.29 is 19.0 Å². The Morgan fingerprint density at radius 2 is 2.00 bits per heavy atom. The van der Waals surface area contributed by atoms with Crippen molar-refractivity contribution in [2.24, 2.45) is 4.99 Å². The van der Waals surface area contributed by atoms with Gasteiger partial charge in [-0.15, -0.1) is 0 Å². The minimum atomic E-state index is -0.498. The van der Waals surface area contributed by atoms with E-state index in [4.69, 9.17) is 14.2 Å². The number of hydrogen-bond donors (Lipinski definition) is 2. The molecule has 1 aliphatic carbocycles. The largest absolute Gasteiger partial charge is 0.493 e. The lowest BCUT2D eigenvalue weighted by atomic mass is 10.2. The molecule has 0 bridgehead atoms. The molecule has 0 spiro atoms. The van der Waals surface area contributed by atoms with Crippen molar-refractivity contribution in [3.8, 4) is 11.5 Å². The number of aliphatic imine (C=N–C) groups is 1. The van der Waals surface area contributed by atoms with Crippen molar-refractivity contribution in [1.29, 1.82) is 0 Å². The fourth-order valence-electron chi connectivity index (χ4n) is 2.76. The van der Waals surface area contributed by atoms with Gasteiger partial charge in [0.25, 0.3) is 0 Å². The fourth-order valence-corrected chi connectivity index (χ4v) is 2.76. The van der Waals surface area contributed by atoms with E-state index in [9.17, 15) is 4.79 Å². The van der Waals surface area contributed by atoms with Crippen molar-refractivity contribution in [3.63, 3.8) is 0 Å². The van der Waals surface area contributed by atoms with E-state index in [-0.39, 0.29) is 12.1 Å². The van der Waals surface area contributed by atoms with Gasteiger partial charge < -0.3 is 29.7 Å². The number of methoxy groups -OCH3 is 1. The topological polar surface area (TPSA) is 84.4 Å². The van der Waals surface area contributed by atoms with Crippen LogP contribution in [0.15, 0.2) is 23.2 Å². The van der Waals surface area contributed by atoms with Crippen LogP contribution in [0, 0.1) is 0 Å². The molecule has 2 N–H and O–H groups in total. The van der Waals surface area contributed by atoms with Crippen LogP contribution < -0.4 is 20.1 Å². The first-order valence-electron chi connectivity index (χ1n) is 10.1. The zero-order chi connectivity index (χ0) is 21.4. The van der Waals surface area contributed by atoms with Crippen LogP contribution in [-0.2, 0) is 4.74 Å². The summed E-state index contributed by atoms with van der Waals surface area (Å²) in [5.74, 6) is 1.95. The highest BCUT2D eigenvalue weighted by Crippen LogP contribution is 2.30. The van der Waals surface area contributed by atoms with Crippen molar-refractivity contribution in [2.45, 2.75) is 52.2 Å². The summed E-state index contributed by atoms with van der Waals surface area (Å²) in [5, 5.41) is 6.47. The zero-order valence-electron chi connectivity index (χ0n) is 18.4. The predicted octanol–water partition coefficient (Wildman–Crippen LogP) is 3.48. The van der Waals surface area contributed by atoms with Crippen LogP contribution >= 0.6 is 0 Å².